The van der Waals surface area contributed by atoms with E-state index in [2.05, 4.69) is 10.3 Å². The Hall–Kier alpha value is -3.79. The average molecular weight is 527 g/mol. The molecule has 1 saturated carbocycles. The number of amides is 1. The summed E-state index contributed by atoms with van der Waals surface area (Å²) in [6, 6.07) is 12.3. The van der Waals surface area contributed by atoms with E-state index in [1.54, 1.807) is 42.5 Å². The summed E-state index contributed by atoms with van der Waals surface area (Å²) in [6.45, 7) is 5.79. The number of rotatable bonds is 8. The number of hydrogen-bond acceptors (Lipinski definition) is 6. The molecule has 0 bridgehead atoms. The average Bonchev–Trinajstić information content (AvgIpc) is 3.65. The highest BCUT2D eigenvalue weighted by Gasteiger charge is 2.50. The minimum atomic E-state index is -0.801. The van der Waals surface area contributed by atoms with E-state index in [1.807, 2.05) is 20.8 Å². The van der Waals surface area contributed by atoms with E-state index < -0.39 is 16.8 Å². The Kier molecular flexibility index (Phi) is 7.31. The van der Waals surface area contributed by atoms with Crippen LogP contribution in [0.2, 0.25) is 5.02 Å². The molecule has 196 valence electrons. The maximum Gasteiger partial charge on any atom is 0.353 e. The molecule has 3 aromatic rings. The first-order valence-electron chi connectivity index (χ1n) is 12.0. The molecule has 0 aliphatic heterocycles. The molecule has 1 heterocycles. The molecule has 4 rings (SSSR count). The van der Waals surface area contributed by atoms with Crippen molar-refractivity contribution in [3.8, 4) is 5.75 Å². The van der Waals surface area contributed by atoms with Gasteiger partial charge in [0, 0.05) is 18.6 Å². The van der Waals surface area contributed by atoms with E-state index in [4.69, 9.17) is 22.2 Å². The normalized spacial score (nSPS) is 14.6. The van der Waals surface area contributed by atoms with Crippen molar-refractivity contribution in [2.24, 2.45) is 10.4 Å². The number of ether oxygens (including phenoxy) is 1. The number of aromatic nitrogens is 3. The van der Waals surface area contributed by atoms with Crippen LogP contribution in [0.25, 0.3) is 0 Å². The second kappa shape index (κ2) is 10.3. The SMILES string of the molecule is CNC(=O)C1(Cn2c(=O)n(N)c(=Nc3ccc(OC(C)C)c(C)c3)n(Cc3ccc(Cl)cc3)c2=O)CC1. The zero-order valence-electron chi connectivity index (χ0n) is 21.3. The van der Waals surface area contributed by atoms with Crippen molar-refractivity contribution in [2.75, 3.05) is 12.9 Å². The Balaban J connectivity index is 1.89. The van der Waals surface area contributed by atoms with Crippen LogP contribution < -0.4 is 32.9 Å². The second-order valence-electron chi connectivity index (χ2n) is 9.62. The van der Waals surface area contributed by atoms with Gasteiger partial charge in [-0.15, -0.1) is 0 Å². The van der Waals surface area contributed by atoms with Crippen LogP contribution in [0.4, 0.5) is 5.69 Å². The second-order valence-corrected chi connectivity index (χ2v) is 10.1. The molecule has 0 unspecified atom stereocenters. The number of halogens is 1. The minimum absolute atomic E-state index is 0.00869. The number of carbonyl (C=O) groups excluding carboxylic acids is 1. The van der Waals surface area contributed by atoms with Gasteiger partial charge in [0.15, 0.2) is 0 Å². The molecular weight excluding hydrogens is 496 g/mol. The number of nitrogens with two attached hydrogens (primary N) is 1. The number of nitrogens with zero attached hydrogens (tertiary/aromatic N) is 4. The molecule has 0 radical (unpaired) electrons. The lowest BCUT2D eigenvalue weighted by molar-refractivity contribution is -0.126. The van der Waals surface area contributed by atoms with E-state index in [0.717, 1.165) is 20.4 Å². The predicted molar refractivity (Wildman–Crippen MR) is 142 cm³/mol. The first kappa shape index (κ1) is 26.3. The summed E-state index contributed by atoms with van der Waals surface area (Å²) >= 11 is 6.03. The predicted octanol–water partition coefficient (Wildman–Crippen LogP) is 2.08. The van der Waals surface area contributed by atoms with E-state index in [-0.39, 0.29) is 30.7 Å². The molecule has 1 fully saturated rings. The molecule has 3 N–H and O–H groups in total. The molecule has 0 spiro atoms. The Labute approximate surface area is 218 Å². The molecule has 11 heteroatoms. The van der Waals surface area contributed by atoms with Crippen LogP contribution in [0, 0.1) is 12.3 Å². The highest BCUT2D eigenvalue weighted by Crippen LogP contribution is 2.46. The van der Waals surface area contributed by atoms with Crippen molar-refractivity contribution in [1.29, 1.82) is 0 Å². The van der Waals surface area contributed by atoms with Gasteiger partial charge < -0.3 is 15.9 Å². The Morgan fingerprint density at radius 2 is 1.81 bits per heavy atom. The van der Waals surface area contributed by atoms with Gasteiger partial charge >= 0.3 is 11.4 Å². The summed E-state index contributed by atoms with van der Waals surface area (Å²) in [4.78, 5) is 44.0. The first-order valence-corrected chi connectivity index (χ1v) is 12.4. The summed E-state index contributed by atoms with van der Waals surface area (Å²) in [5, 5.41) is 3.18. The summed E-state index contributed by atoms with van der Waals surface area (Å²) < 4.78 is 9.00. The molecular formula is C26H31ClN6O4. The fourth-order valence-corrected chi connectivity index (χ4v) is 4.33. The molecule has 10 nitrogen and oxygen atoms in total. The maximum absolute atomic E-state index is 13.7. The van der Waals surface area contributed by atoms with Crippen LogP contribution in [-0.4, -0.2) is 32.9 Å². The molecule has 1 aliphatic rings. The number of hydrogen-bond donors (Lipinski definition) is 2. The van der Waals surface area contributed by atoms with Crippen LogP contribution in [-0.2, 0) is 17.9 Å². The summed E-state index contributed by atoms with van der Waals surface area (Å²) in [7, 11) is 1.54. The lowest BCUT2D eigenvalue weighted by Gasteiger charge is -2.18. The third-order valence-corrected chi connectivity index (χ3v) is 6.63. The van der Waals surface area contributed by atoms with E-state index in [1.165, 1.54) is 11.6 Å². The van der Waals surface area contributed by atoms with Gasteiger partial charge in [-0.05, 0) is 75.1 Å². The van der Waals surface area contributed by atoms with Crippen LogP contribution >= 0.6 is 11.6 Å². The Morgan fingerprint density at radius 1 is 1.14 bits per heavy atom. The van der Waals surface area contributed by atoms with Crippen molar-refractivity contribution in [3.63, 3.8) is 0 Å². The van der Waals surface area contributed by atoms with Gasteiger partial charge in [-0.2, -0.15) is 4.68 Å². The molecule has 37 heavy (non-hydrogen) atoms. The smallest absolute Gasteiger partial charge is 0.353 e. The standard InChI is InChI=1S/C26H31ClN6O4/c1-16(2)37-21-10-9-20(13-17(21)3)30-23-31(14-18-5-7-19(27)8-6-18)24(35)32(25(36)33(23)28)15-26(11-12-26)22(34)29-4/h5-10,13,16H,11-12,14-15,28H2,1-4H3,(H,29,34). The lowest BCUT2D eigenvalue weighted by Crippen LogP contribution is -2.58. The fraction of sp³-hybridized carbons (Fsp3) is 0.385. The molecule has 2 aromatic carbocycles. The van der Waals surface area contributed by atoms with Gasteiger partial charge in [-0.25, -0.2) is 19.1 Å². The molecule has 1 amide bonds. The zero-order chi connectivity index (χ0) is 26.9. The summed E-state index contributed by atoms with van der Waals surface area (Å²) in [5.74, 6) is 6.75. The molecule has 1 aliphatic carbocycles. The number of nitrogen functional groups attached to an aromatic ring is 1. The topological polar surface area (TPSA) is 126 Å². The van der Waals surface area contributed by atoms with Gasteiger partial charge in [-0.3, -0.25) is 9.36 Å². The highest BCUT2D eigenvalue weighted by atomic mass is 35.5. The van der Waals surface area contributed by atoms with Crippen molar-refractivity contribution in [1.82, 2.24) is 19.1 Å². The van der Waals surface area contributed by atoms with Gasteiger partial charge in [0.05, 0.1) is 23.8 Å². The monoisotopic (exact) mass is 526 g/mol. The summed E-state index contributed by atoms with van der Waals surface area (Å²) in [5.41, 5.74) is -0.0710. The largest absolute Gasteiger partial charge is 0.491 e. The maximum atomic E-state index is 13.7. The Bertz CT molecular complexity index is 1510. The van der Waals surface area contributed by atoms with Crippen LogP contribution in [0.3, 0.4) is 0 Å². The minimum Gasteiger partial charge on any atom is -0.491 e. The van der Waals surface area contributed by atoms with Gasteiger partial charge in [0.1, 0.15) is 5.75 Å². The molecule has 0 saturated heterocycles. The lowest BCUT2D eigenvalue weighted by atomic mass is 10.1. The highest BCUT2D eigenvalue weighted by molar-refractivity contribution is 6.30. The van der Waals surface area contributed by atoms with Crippen LogP contribution in [0.5, 0.6) is 5.75 Å². The third-order valence-electron chi connectivity index (χ3n) is 6.38. The van der Waals surface area contributed by atoms with E-state index in [0.29, 0.717) is 29.3 Å². The first-order chi connectivity index (χ1) is 17.5. The Morgan fingerprint density at radius 3 is 2.38 bits per heavy atom. The molecule has 0 atom stereocenters. The van der Waals surface area contributed by atoms with Gasteiger partial charge in [0.2, 0.25) is 11.5 Å². The number of aryl methyl sites for hydroxylation is 1. The van der Waals surface area contributed by atoms with Gasteiger partial charge in [-0.1, -0.05) is 23.7 Å². The van der Waals surface area contributed by atoms with Crippen LogP contribution in [0.15, 0.2) is 57.0 Å². The number of benzene rings is 2. The van der Waals surface area contributed by atoms with Crippen molar-refractivity contribution in [2.45, 2.75) is 52.8 Å². The summed E-state index contributed by atoms with van der Waals surface area (Å²) in [6.07, 6.45) is 1.17. The zero-order valence-corrected chi connectivity index (χ0v) is 22.1. The van der Waals surface area contributed by atoms with E-state index in [9.17, 15) is 14.4 Å². The van der Waals surface area contributed by atoms with Crippen molar-refractivity contribution in [3.05, 3.63) is 85.2 Å². The number of carbonyl (C=O) groups is 1. The quantitative estimate of drug-likeness (QED) is 0.435. The van der Waals surface area contributed by atoms with Crippen molar-refractivity contribution >= 4 is 23.2 Å². The van der Waals surface area contributed by atoms with Crippen molar-refractivity contribution < 1.29 is 9.53 Å². The van der Waals surface area contributed by atoms with E-state index >= 15 is 0 Å². The van der Waals surface area contributed by atoms with Gasteiger partial charge in [0.25, 0.3) is 0 Å². The number of nitrogens with one attached hydrogen (secondary N) is 1. The third kappa shape index (κ3) is 5.48. The molecule has 1 aromatic heterocycles. The van der Waals surface area contributed by atoms with Crippen LogP contribution in [0.1, 0.15) is 37.8 Å². The fourth-order valence-electron chi connectivity index (χ4n) is 4.20.